The predicted octanol–water partition coefficient (Wildman–Crippen LogP) is 2.03. The van der Waals surface area contributed by atoms with Crippen LogP contribution in [0.15, 0.2) is 47.4 Å². The normalized spacial score (nSPS) is 12.7. The van der Waals surface area contributed by atoms with E-state index in [1.54, 1.807) is 12.1 Å². The molecule has 3 heterocycles. The lowest BCUT2D eigenvalue weighted by atomic mass is 10.0. The number of imidazole rings is 1. The number of aromatic nitrogens is 5. The third kappa shape index (κ3) is 2.75. The summed E-state index contributed by atoms with van der Waals surface area (Å²) in [6, 6.07) is 10.7. The Labute approximate surface area is 148 Å². The van der Waals surface area contributed by atoms with Crippen LogP contribution in [0.25, 0.3) is 16.7 Å². The number of pyridine rings is 1. The second kappa shape index (κ2) is 6.14. The highest BCUT2D eigenvalue weighted by Crippen LogP contribution is 2.22. The van der Waals surface area contributed by atoms with Gasteiger partial charge in [0.25, 0.3) is 5.91 Å². The van der Waals surface area contributed by atoms with Gasteiger partial charge in [-0.3, -0.25) is 4.79 Å². The molecular formula is C18H18N6O2. The van der Waals surface area contributed by atoms with E-state index >= 15 is 0 Å². The molecule has 0 fully saturated rings. The van der Waals surface area contributed by atoms with Crippen LogP contribution in [0.1, 0.15) is 36.1 Å². The zero-order valence-corrected chi connectivity index (χ0v) is 14.4. The molecule has 8 nitrogen and oxygen atoms in total. The lowest BCUT2D eigenvalue weighted by Gasteiger charge is -2.20. The van der Waals surface area contributed by atoms with Gasteiger partial charge >= 0.3 is 5.69 Å². The van der Waals surface area contributed by atoms with Gasteiger partial charge in [-0.2, -0.15) is 5.10 Å². The van der Waals surface area contributed by atoms with Crippen molar-refractivity contribution in [3.05, 3.63) is 64.5 Å². The zero-order chi connectivity index (χ0) is 18.3. The number of para-hydroxylation sites is 2. The first kappa shape index (κ1) is 16.1. The van der Waals surface area contributed by atoms with Crippen LogP contribution in [-0.4, -0.2) is 30.5 Å². The first-order valence-corrected chi connectivity index (χ1v) is 8.35. The van der Waals surface area contributed by atoms with Crippen LogP contribution >= 0.6 is 0 Å². The van der Waals surface area contributed by atoms with Gasteiger partial charge in [-0.1, -0.05) is 26.0 Å². The molecule has 26 heavy (non-hydrogen) atoms. The summed E-state index contributed by atoms with van der Waals surface area (Å²) in [5, 5.41) is 9.22. The van der Waals surface area contributed by atoms with E-state index in [-0.39, 0.29) is 23.6 Å². The van der Waals surface area contributed by atoms with Crippen LogP contribution in [0.3, 0.4) is 0 Å². The van der Waals surface area contributed by atoms with Crippen LogP contribution in [-0.2, 0) is 0 Å². The molecule has 0 saturated carbocycles. The smallest absolute Gasteiger partial charge is 0.342 e. The summed E-state index contributed by atoms with van der Waals surface area (Å²) in [4.78, 5) is 32.3. The predicted molar refractivity (Wildman–Crippen MR) is 97.0 cm³/mol. The molecule has 0 bridgehead atoms. The number of H-pyrrole nitrogens is 2. The molecule has 0 aliphatic heterocycles. The topological polar surface area (TPSA) is 108 Å². The highest BCUT2D eigenvalue weighted by molar-refractivity contribution is 5.94. The minimum absolute atomic E-state index is 0.125. The SMILES string of the molecule is CC(C)[C@@H](NC(=O)c1ccc2n[nH]c(=O)n2c1)c1nc2ccccc2[nH]1. The summed E-state index contributed by atoms with van der Waals surface area (Å²) in [6.07, 6.45) is 1.48. The molecule has 4 aromatic rings. The van der Waals surface area contributed by atoms with Crippen molar-refractivity contribution in [1.82, 2.24) is 29.9 Å². The Bertz CT molecular complexity index is 1120. The summed E-state index contributed by atoms with van der Waals surface area (Å²) < 4.78 is 1.31. The average Bonchev–Trinajstić information content (AvgIpc) is 3.22. The van der Waals surface area contributed by atoms with Gasteiger partial charge in [-0.25, -0.2) is 19.3 Å². The maximum atomic E-state index is 12.7. The zero-order valence-electron chi connectivity index (χ0n) is 14.4. The van der Waals surface area contributed by atoms with Crippen LogP contribution < -0.4 is 11.0 Å². The van der Waals surface area contributed by atoms with Gasteiger partial charge in [0, 0.05) is 6.20 Å². The summed E-state index contributed by atoms with van der Waals surface area (Å²) >= 11 is 0. The Hall–Kier alpha value is -3.42. The molecule has 3 N–H and O–H groups in total. The second-order valence-electron chi connectivity index (χ2n) is 6.51. The van der Waals surface area contributed by atoms with Crippen LogP contribution in [0.2, 0.25) is 0 Å². The Morgan fingerprint density at radius 1 is 1.19 bits per heavy atom. The summed E-state index contributed by atoms with van der Waals surface area (Å²) in [5.74, 6) is 0.551. The number of carbonyl (C=O) groups is 1. The molecule has 0 saturated heterocycles. The molecule has 0 aliphatic carbocycles. The minimum atomic E-state index is -0.382. The van der Waals surface area contributed by atoms with Crippen molar-refractivity contribution in [2.75, 3.05) is 0 Å². The van der Waals surface area contributed by atoms with Gasteiger partial charge in [0.2, 0.25) is 0 Å². The van der Waals surface area contributed by atoms with Crippen molar-refractivity contribution in [1.29, 1.82) is 0 Å². The summed E-state index contributed by atoms with van der Waals surface area (Å²) in [5.41, 5.74) is 2.24. The summed E-state index contributed by atoms with van der Waals surface area (Å²) in [7, 11) is 0. The Morgan fingerprint density at radius 3 is 2.77 bits per heavy atom. The molecule has 0 aliphatic rings. The molecule has 132 valence electrons. The number of hydrogen-bond donors (Lipinski definition) is 3. The lowest BCUT2D eigenvalue weighted by Crippen LogP contribution is -2.32. The second-order valence-corrected chi connectivity index (χ2v) is 6.51. The summed E-state index contributed by atoms with van der Waals surface area (Å²) in [6.45, 7) is 4.03. The molecule has 3 aromatic heterocycles. The number of carbonyl (C=O) groups excluding carboxylic acids is 1. The minimum Gasteiger partial charge on any atom is -0.342 e. The van der Waals surface area contributed by atoms with Crippen molar-refractivity contribution in [3.63, 3.8) is 0 Å². The lowest BCUT2D eigenvalue weighted by molar-refractivity contribution is 0.0923. The highest BCUT2D eigenvalue weighted by Gasteiger charge is 2.22. The molecule has 0 spiro atoms. The molecule has 0 radical (unpaired) electrons. The highest BCUT2D eigenvalue weighted by atomic mass is 16.2. The maximum Gasteiger partial charge on any atom is 0.347 e. The molecule has 1 aromatic carbocycles. The largest absolute Gasteiger partial charge is 0.347 e. The van der Waals surface area contributed by atoms with E-state index in [1.807, 2.05) is 38.1 Å². The number of rotatable bonds is 4. The van der Waals surface area contributed by atoms with Crippen molar-refractivity contribution in [2.45, 2.75) is 19.9 Å². The fourth-order valence-electron chi connectivity index (χ4n) is 2.94. The number of fused-ring (bicyclic) bond motifs is 2. The van der Waals surface area contributed by atoms with Gasteiger partial charge in [-0.05, 0) is 30.2 Å². The molecule has 8 heteroatoms. The van der Waals surface area contributed by atoms with E-state index in [0.717, 1.165) is 11.0 Å². The Morgan fingerprint density at radius 2 is 2.00 bits per heavy atom. The standard InChI is InChI=1S/C18H18N6O2/c1-10(2)15(16-19-12-5-3-4-6-13(12)20-16)21-17(25)11-7-8-14-22-23-18(26)24(14)9-11/h3-10,15H,1-2H3,(H,19,20)(H,21,25)(H,23,26)/t15-/m1/s1. The van der Waals surface area contributed by atoms with E-state index in [9.17, 15) is 9.59 Å². The van der Waals surface area contributed by atoms with Gasteiger partial charge in [0.15, 0.2) is 5.65 Å². The third-order valence-corrected chi connectivity index (χ3v) is 4.33. The Balaban J connectivity index is 1.65. The number of benzene rings is 1. The van der Waals surface area contributed by atoms with Crippen molar-refractivity contribution in [2.24, 2.45) is 5.92 Å². The molecular weight excluding hydrogens is 332 g/mol. The third-order valence-electron chi connectivity index (χ3n) is 4.33. The number of nitrogens with one attached hydrogen (secondary N) is 3. The number of aromatic amines is 2. The van der Waals surface area contributed by atoms with Crippen LogP contribution in [0.4, 0.5) is 0 Å². The van der Waals surface area contributed by atoms with E-state index in [1.165, 1.54) is 10.6 Å². The van der Waals surface area contributed by atoms with Crippen LogP contribution in [0, 0.1) is 5.92 Å². The van der Waals surface area contributed by atoms with E-state index in [0.29, 0.717) is 17.0 Å². The maximum absolute atomic E-state index is 12.7. The molecule has 1 amide bonds. The average molecular weight is 350 g/mol. The fraction of sp³-hybridized carbons (Fsp3) is 0.222. The quantitative estimate of drug-likeness (QED) is 0.523. The Kier molecular flexibility index (Phi) is 3.80. The van der Waals surface area contributed by atoms with E-state index in [4.69, 9.17) is 0 Å². The van der Waals surface area contributed by atoms with Crippen LogP contribution in [0.5, 0.6) is 0 Å². The number of nitrogens with zero attached hydrogens (tertiary/aromatic N) is 3. The first-order chi connectivity index (χ1) is 12.5. The number of amides is 1. The molecule has 1 atom stereocenters. The molecule has 0 unspecified atom stereocenters. The number of hydrogen-bond acceptors (Lipinski definition) is 4. The first-order valence-electron chi connectivity index (χ1n) is 8.35. The monoisotopic (exact) mass is 350 g/mol. The van der Waals surface area contributed by atoms with Crippen molar-refractivity contribution in [3.8, 4) is 0 Å². The van der Waals surface area contributed by atoms with E-state index < -0.39 is 0 Å². The molecule has 4 rings (SSSR count). The van der Waals surface area contributed by atoms with Gasteiger partial charge in [0.1, 0.15) is 5.82 Å². The van der Waals surface area contributed by atoms with Crippen molar-refractivity contribution < 1.29 is 4.79 Å². The van der Waals surface area contributed by atoms with Gasteiger partial charge in [-0.15, -0.1) is 0 Å². The van der Waals surface area contributed by atoms with E-state index in [2.05, 4.69) is 25.5 Å². The van der Waals surface area contributed by atoms with Crippen molar-refractivity contribution >= 4 is 22.6 Å². The van der Waals surface area contributed by atoms with Gasteiger partial charge in [0.05, 0.1) is 22.6 Å². The van der Waals surface area contributed by atoms with Gasteiger partial charge < -0.3 is 10.3 Å². The fourth-order valence-corrected chi connectivity index (χ4v) is 2.94.